The Labute approximate surface area is 132 Å². The standard InChI is InChI=1S/C16H29NO3S/c1-12(2)14(3-4-16(19)20)5-8-17-15(18)11-13-6-9-21-10-7-13/h12-14H,3-11H2,1-2H3,(H,17,18)(H,19,20). The number of hydrogen-bond acceptors (Lipinski definition) is 3. The quantitative estimate of drug-likeness (QED) is 0.686. The third-order valence-corrected chi connectivity index (χ3v) is 5.37. The van der Waals surface area contributed by atoms with Gasteiger partial charge in [0.05, 0.1) is 0 Å². The van der Waals surface area contributed by atoms with Crippen molar-refractivity contribution in [3.8, 4) is 0 Å². The van der Waals surface area contributed by atoms with Gasteiger partial charge in [-0.05, 0) is 54.9 Å². The molecule has 0 aliphatic carbocycles. The first kappa shape index (κ1) is 18.3. The maximum absolute atomic E-state index is 11.9. The van der Waals surface area contributed by atoms with Crippen LogP contribution < -0.4 is 5.32 Å². The number of carbonyl (C=O) groups is 2. The second-order valence-corrected chi connectivity index (χ2v) is 7.56. The second-order valence-electron chi connectivity index (χ2n) is 6.34. The van der Waals surface area contributed by atoms with Crippen molar-refractivity contribution >= 4 is 23.6 Å². The molecular formula is C16H29NO3S. The van der Waals surface area contributed by atoms with Gasteiger partial charge < -0.3 is 10.4 Å². The van der Waals surface area contributed by atoms with Crippen LogP contribution in [0.25, 0.3) is 0 Å². The summed E-state index contributed by atoms with van der Waals surface area (Å²) in [5.74, 6) is 3.17. The van der Waals surface area contributed by atoms with Gasteiger partial charge in [-0.1, -0.05) is 13.8 Å². The lowest BCUT2D eigenvalue weighted by molar-refractivity contribution is -0.137. The SMILES string of the molecule is CC(C)C(CCNC(=O)CC1CCSCC1)CCC(=O)O. The fourth-order valence-corrected chi connectivity index (χ4v) is 4.01. The van der Waals surface area contributed by atoms with Crippen LogP contribution in [0.4, 0.5) is 0 Å². The van der Waals surface area contributed by atoms with Crippen LogP contribution in [0.3, 0.4) is 0 Å². The number of hydrogen-bond donors (Lipinski definition) is 2. The largest absolute Gasteiger partial charge is 0.481 e. The van der Waals surface area contributed by atoms with E-state index in [9.17, 15) is 9.59 Å². The molecule has 1 rings (SSSR count). The zero-order chi connectivity index (χ0) is 15.7. The summed E-state index contributed by atoms with van der Waals surface area (Å²) in [6, 6.07) is 0. The maximum Gasteiger partial charge on any atom is 0.303 e. The molecular weight excluding hydrogens is 286 g/mol. The summed E-state index contributed by atoms with van der Waals surface area (Å²) in [6.07, 6.45) is 4.76. The fraction of sp³-hybridized carbons (Fsp3) is 0.875. The molecule has 0 radical (unpaired) electrons. The van der Waals surface area contributed by atoms with E-state index in [1.165, 1.54) is 11.5 Å². The molecule has 2 N–H and O–H groups in total. The maximum atomic E-state index is 11.9. The third kappa shape index (κ3) is 8.34. The molecule has 122 valence electrons. The van der Waals surface area contributed by atoms with E-state index >= 15 is 0 Å². The van der Waals surface area contributed by atoms with Crippen LogP contribution in [-0.4, -0.2) is 35.0 Å². The van der Waals surface area contributed by atoms with Crippen LogP contribution in [0.2, 0.25) is 0 Å². The number of thioether (sulfide) groups is 1. The molecule has 1 heterocycles. The summed E-state index contributed by atoms with van der Waals surface area (Å²) in [5, 5.41) is 11.8. The minimum atomic E-state index is -0.736. The molecule has 4 nitrogen and oxygen atoms in total. The van der Waals surface area contributed by atoms with Crippen LogP contribution in [0.1, 0.15) is 52.4 Å². The first-order valence-corrected chi connectivity index (χ1v) is 9.20. The van der Waals surface area contributed by atoms with Crippen LogP contribution >= 0.6 is 11.8 Å². The monoisotopic (exact) mass is 315 g/mol. The molecule has 0 aromatic heterocycles. The Morgan fingerprint density at radius 2 is 1.90 bits per heavy atom. The molecule has 0 saturated carbocycles. The summed E-state index contributed by atoms with van der Waals surface area (Å²) >= 11 is 1.98. The number of carboxylic acid groups (broad SMARTS) is 1. The van der Waals surface area contributed by atoms with E-state index in [0.717, 1.165) is 19.3 Å². The molecule has 0 spiro atoms. The van der Waals surface area contributed by atoms with E-state index in [0.29, 0.717) is 37.1 Å². The van der Waals surface area contributed by atoms with Crippen molar-refractivity contribution in [1.82, 2.24) is 5.32 Å². The number of nitrogens with one attached hydrogen (secondary N) is 1. The number of rotatable bonds is 9. The zero-order valence-corrected chi connectivity index (χ0v) is 14.1. The van der Waals surface area contributed by atoms with Gasteiger partial charge in [0, 0.05) is 19.4 Å². The van der Waals surface area contributed by atoms with Gasteiger partial charge in [0.25, 0.3) is 0 Å². The molecule has 0 bridgehead atoms. The van der Waals surface area contributed by atoms with Crippen LogP contribution in [-0.2, 0) is 9.59 Å². The Kier molecular flexibility index (Phi) is 8.81. The van der Waals surface area contributed by atoms with Gasteiger partial charge in [0.15, 0.2) is 0 Å². The van der Waals surface area contributed by atoms with Crippen molar-refractivity contribution < 1.29 is 14.7 Å². The number of amides is 1. The average molecular weight is 315 g/mol. The van der Waals surface area contributed by atoms with Crippen LogP contribution in [0, 0.1) is 17.8 Å². The van der Waals surface area contributed by atoms with Gasteiger partial charge in [-0.3, -0.25) is 9.59 Å². The molecule has 1 fully saturated rings. The summed E-state index contributed by atoms with van der Waals surface area (Å²) in [5.41, 5.74) is 0. The summed E-state index contributed by atoms with van der Waals surface area (Å²) in [4.78, 5) is 22.6. The van der Waals surface area contributed by atoms with E-state index < -0.39 is 5.97 Å². The van der Waals surface area contributed by atoms with Crippen LogP contribution in [0.5, 0.6) is 0 Å². The first-order chi connectivity index (χ1) is 9.99. The van der Waals surface area contributed by atoms with Crippen molar-refractivity contribution in [2.45, 2.75) is 52.4 Å². The molecule has 1 atom stereocenters. The van der Waals surface area contributed by atoms with E-state index in [1.807, 2.05) is 11.8 Å². The van der Waals surface area contributed by atoms with E-state index in [-0.39, 0.29) is 12.3 Å². The third-order valence-electron chi connectivity index (χ3n) is 4.32. The topological polar surface area (TPSA) is 66.4 Å². The Hall–Kier alpha value is -0.710. The van der Waals surface area contributed by atoms with Gasteiger partial charge in [0.2, 0.25) is 5.91 Å². The highest BCUT2D eigenvalue weighted by Gasteiger charge is 2.18. The molecule has 1 amide bonds. The fourth-order valence-electron chi connectivity index (χ4n) is 2.80. The highest BCUT2D eigenvalue weighted by Crippen LogP contribution is 2.25. The molecule has 0 aromatic carbocycles. The molecule has 21 heavy (non-hydrogen) atoms. The van der Waals surface area contributed by atoms with Crippen molar-refractivity contribution in [2.75, 3.05) is 18.1 Å². The van der Waals surface area contributed by atoms with Crippen molar-refractivity contribution in [3.63, 3.8) is 0 Å². The Morgan fingerprint density at radius 3 is 2.48 bits per heavy atom. The minimum Gasteiger partial charge on any atom is -0.481 e. The smallest absolute Gasteiger partial charge is 0.303 e. The van der Waals surface area contributed by atoms with Gasteiger partial charge in [-0.25, -0.2) is 0 Å². The Bertz CT molecular complexity index is 327. The highest BCUT2D eigenvalue weighted by atomic mass is 32.2. The van der Waals surface area contributed by atoms with Crippen LogP contribution in [0.15, 0.2) is 0 Å². The van der Waals surface area contributed by atoms with E-state index in [2.05, 4.69) is 19.2 Å². The van der Waals surface area contributed by atoms with E-state index in [1.54, 1.807) is 0 Å². The number of carboxylic acids is 1. The molecule has 1 aliphatic heterocycles. The van der Waals surface area contributed by atoms with Crippen molar-refractivity contribution in [1.29, 1.82) is 0 Å². The summed E-state index contributed by atoms with van der Waals surface area (Å²) in [6.45, 7) is 4.91. The lowest BCUT2D eigenvalue weighted by Gasteiger charge is -2.22. The van der Waals surface area contributed by atoms with Crippen molar-refractivity contribution in [2.24, 2.45) is 17.8 Å². The number of aliphatic carboxylic acids is 1. The molecule has 1 saturated heterocycles. The second kappa shape index (κ2) is 10.1. The Balaban J connectivity index is 2.19. The normalized spacial score (nSPS) is 17.7. The van der Waals surface area contributed by atoms with E-state index in [4.69, 9.17) is 5.11 Å². The first-order valence-electron chi connectivity index (χ1n) is 8.05. The predicted molar refractivity (Wildman–Crippen MR) is 87.5 cm³/mol. The summed E-state index contributed by atoms with van der Waals surface area (Å²) in [7, 11) is 0. The molecule has 0 aromatic rings. The van der Waals surface area contributed by atoms with Gasteiger partial charge in [0.1, 0.15) is 0 Å². The van der Waals surface area contributed by atoms with Gasteiger partial charge in [-0.15, -0.1) is 0 Å². The average Bonchev–Trinajstić information content (AvgIpc) is 2.43. The zero-order valence-electron chi connectivity index (χ0n) is 13.3. The minimum absolute atomic E-state index is 0.160. The number of carbonyl (C=O) groups excluding carboxylic acids is 1. The Morgan fingerprint density at radius 1 is 1.24 bits per heavy atom. The van der Waals surface area contributed by atoms with Gasteiger partial charge in [-0.2, -0.15) is 11.8 Å². The lowest BCUT2D eigenvalue weighted by atomic mass is 9.88. The molecule has 1 aliphatic rings. The highest BCUT2D eigenvalue weighted by molar-refractivity contribution is 7.99. The van der Waals surface area contributed by atoms with Gasteiger partial charge >= 0.3 is 5.97 Å². The predicted octanol–water partition coefficient (Wildman–Crippen LogP) is 3.16. The lowest BCUT2D eigenvalue weighted by Crippen LogP contribution is -2.29. The molecule has 5 heteroatoms. The van der Waals surface area contributed by atoms with Crippen molar-refractivity contribution in [3.05, 3.63) is 0 Å². The summed E-state index contributed by atoms with van der Waals surface area (Å²) < 4.78 is 0. The molecule has 1 unspecified atom stereocenters.